The largest absolute Gasteiger partial charge is 0.425 e. The second-order valence-corrected chi connectivity index (χ2v) is 20.3. The van der Waals surface area contributed by atoms with E-state index >= 15 is 0 Å². The van der Waals surface area contributed by atoms with Gasteiger partial charge in [-0.1, -0.05) is 124 Å². The van der Waals surface area contributed by atoms with Crippen LogP contribution in [0.15, 0.2) is 36.7 Å². The Hall–Kier alpha value is -2.76. The molecule has 0 unspecified atom stereocenters. The fraction of sp³-hybridized carbons (Fsp3) is 0.782. The summed E-state index contributed by atoms with van der Waals surface area (Å²) in [5.41, 5.74) is 2.25. The summed E-state index contributed by atoms with van der Waals surface area (Å²) in [5.74, 6) is 8.66. The Balaban J connectivity index is 0.000000231. The first-order chi connectivity index (χ1) is 29.8. The topological polar surface area (TPSA) is 78.4 Å². The van der Waals surface area contributed by atoms with Crippen molar-refractivity contribution in [2.45, 2.75) is 227 Å². The van der Waals surface area contributed by atoms with Crippen LogP contribution < -0.4 is 9.47 Å². The van der Waals surface area contributed by atoms with E-state index in [2.05, 4.69) is 23.8 Å². The maximum Gasteiger partial charge on any atom is 0.311 e. The molecule has 0 saturated heterocycles. The van der Waals surface area contributed by atoms with Gasteiger partial charge < -0.3 is 9.47 Å². The van der Waals surface area contributed by atoms with Crippen LogP contribution in [0.3, 0.4) is 0 Å². The number of hydrogen-bond donors (Lipinski definition) is 0. The van der Waals surface area contributed by atoms with Gasteiger partial charge in [0.15, 0.2) is 0 Å². The lowest BCUT2D eigenvalue weighted by atomic mass is 9.68. The molecule has 0 aliphatic heterocycles. The van der Waals surface area contributed by atoms with Crippen LogP contribution in [0, 0.1) is 47.3 Å². The Bertz CT molecular complexity index is 1460. The van der Waals surface area contributed by atoms with Crippen LogP contribution in [-0.2, 0) is 22.4 Å². The molecule has 0 spiro atoms. The van der Waals surface area contributed by atoms with Gasteiger partial charge in [-0.25, -0.2) is 0 Å². The molecule has 342 valence electrons. The number of hydrogen-bond acceptors (Lipinski definition) is 6. The summed E-state index contributed by atoms with van der Waals surface area (Å²) in [7, 11) is 0. The highest BCUT2D eigenvalue weighted by molar-refractivity contribution is 5.72. The minimum Gasteiger partial charge on any atom is -0.425 e. The van der Waals surface area contributed by atoms with Gasteiger partial charge in [-0.15, -0.1) is 0 Å². The van der Waals surface area contributed by atoms with Gasteiger partial charge in [0, 0.05) is 24.2 Å². The van der Waals surface area contributed by atoms with Gasteiger partial charge in [0.2, 0.25) is 0 Å². The van der Waals surface area contributed by atoms with E-state index < -0.39 is 0 Å². The van der Waals surface area contributed by atoms with Crippen molar-refractivity contribution < 1.29 is 19.1 Å². The molecule has 0 N–H and O–H groups in total. The summed E-state index contributed by atoms with van der Waals surface area (Å²) in [5, 5.41) is 0. The van der Waals surface area contributed by atoms with E-state index in [0.29, 0.717) is 24.3 Å². The van der Waals surface area contributed by atoms with E-state index in [1.165, 1.54) is 161 Å². The Morgan fingerprint density at radius 3 is 1.10 bits per heavy atom. The monoisotopic (exact) mass is 841 g/mol. The van der Waals surface area contributed by atoms with E-state index in [0.717, 1.165) is 84.4 Å². The molecule has 6 heteroatoms. The summed E-state index contributed by atoms with van der Waals surface area (Å²) < 4.78 is 10.6. The molecule has 0 radical (unpaired) electrons. The highest BCUT2D eigenvalue weighted by Gasteiger charge is 2.32. The third-order valence-corrected chi connectivity index (χ3v) is 15.7. The standard InChI is InChI=1S/C28H45NO2.C27H43NO2/c1-3-5-6-8-22-9-14-24(15-10-22)25-16-11-23(12-17-25)13-18-26-19-20-27(21-29-26)31-28(30)7-4-2;1-3-5-7-21-8-13-23(14-9-21)24-15-10-22(11-16-24)12-17-25-18-19-26(20-28-25)30-27(29)6-4-2/h19-25H,3-18H2,1-2H3;18-24H,3-17H2,1-2H3. The van der Waals surface area contributed by atoms with Crippen LogP contribution in [0.4, 0.5) is 0 Å². The quantitative estimate of drug-likeness (QED) is 0.0920. The first-order valence-electron chi connectivity index (χ1n) is 26.2. The van der Waals surface area contributed by atoms with Gasteiger partial charge in [-0.3, -0.25) is 19.6 Å². The molecule has 0 atom stereocenters. The van der Waals surface area contributed by atoms with Crippen molar-refractivity contribution >= 4 is 11.9 Å². The van der Waals surface area contributed by atoms with E-state index in [4.69, 9.17) is 9.47 Å². The van der Waals surface area contributed by atoms with Gasteiger partial charge in [-0.2, -0.15) is 0 Å². The Labute approximate surface area is 373 Å². The normalized spacial score (nSPS) is 26.8. The molecule has 0 amide bonds. The molecule has 6 nitrogen and oxygen atoms in total. The van der Waals surface area contributed by atoms with Crippen LogP contribution in [0.25, 0.3) is 0 Å². The first-order valence-corrected chi connectivity index (χ1v) is 26.2. The number of aromatic nitrogens is 2. The summed E-state index contributed by atoms with van der Waals surface area (Å²) in [6.45, 7) is 8.60. The van der Waals surface area contributed by atoms with Crippen LogP contribution >= 0.6 is 0 Å². The predicted octanol–water partition coefficient (Wildman–Crippen LogP) is 15.4. The fourth-order valence-corrected chi connectivity index (χ4v) is 11.7. The number of carbonyl (C=O) groups excluding carboxylic acids is 2. The van der Waals surface area contributed by atoms with Crippen molar-refractivity contribution in [2.24, 2.45) is 47.3 Å². The number of nitrogens with zero attached hydrogens (tertiary/aromatic N) is 2. The smallest absolute Gasteiger partial charge is 0.311 e. The maximum absolute atomic E-state index is 11.6. The fourth-order valence-electron chi connectivity index (χ4n) is 11.7. The molecular formula is C55H88N2O4. The van der Waals surface area contributed by atoms with E-state index in [9.17, 15) is 9.59 Å². The Morgan fingerprint density at radius 1 is 0.443 bits per heavy atom. The highest BCUT2D eigenvalue weighted by atomic mass is 16.5. The Morgan fingerprint density at radius 2 is 0.787 bits per heavy atom. The number of unbranched alkanes of at least 4 members (excludes halogenated alkanes) is 3. The summed E-state index contributed by atoms with van der Waals surface area (Å²) >= 11 is 0. The zero-order valence-corrected chi connectivity index (χ0v) is 39.5. The van der Waals surface area contributed by atoms with Crippen LogP contribution in [0.2, 0.25) is 0 Å². The van der Waals surface area contributed by atoms with E-state index in [1.807, 2.05) is 38.1 Å². The average Bonchev–Trinajstić information content (AvgIpc) is 3.29. The number of aryl methyl sites for hydroxylation is 2. The van der Waals surface area contributed by atoms with Crippen LogP contribution in [-0.4, -0.2) is 21.9 Å². The second-order valence-electron chi connectivity index (χ2n) is 20.3. The molecule has 4 aliphatic carbocycles. The average molecular weight is 841 g/mol. The molecule has 2 heterocycles. The van der Waals surface area contributed by atoms with E-state index in [-0.39, 0.29) is 11.9 Å². The van der Waals surface area contributed by atoms with E-state index in [1.54, 1.807) is 12.4 Å². The molecule has 2 aromatic heterocycles. The van der Waals surface area contributed by atoms with Gasteiger partial charge in [0.05, 0.1) is 12.4 Å². The second kappa shape index (κ2) is 28.1. The zero-order chi connectivity index (χ0) is 43.1. The zero-order valence-electron chi connectivity index (χ0n) is 39.5. The van der Waals surface area contributed by atoms with Gasteiger partial charge in [-0.05, 0) is 162 Å². The molecular weight excluding hydrogens is 753 g/mol. The molecule has 4 aliphatic rings. The Kier molecular flexibility index (Phi) is 22.7. The number of rotatable bonds is 21. The first kappa shape index (κ1) is 49.3. The van der Waals surface area contributed by atoms with Gasteiger partial charge in [0.1, 0.15) is 11.5 Å². The number of carbonyl (C=O) groups is 2. The van der Waals surface area contributed by atoms with Gasteiger partial charge in [0.25, 0.3) is 0 Å². The third kappa shape index (κ3) is 18.1. The molecule has 0 aromatic carbocycles. The van der Waals surface area contributed by atoms with Crippen molar-refractivity contribution in [3.8, 4) is 11.5 Å². The number of pyridine rings is 2. The van der Waals surface area contributed by atoms with Crippen LogP contribution in [0.1, 0.15) is 225 Å². The molecule has 4 fully saturated rings. The van der Waals surface area contributed by atoms with Crippen molar-refractivity contribution in [1.29, 1.82) is 0 Å². The summed E-state index contributed by atoms with van der Waals surface area (Å²) in [6, 6.07) is 7.84. The molecule has 0 bridgehead atoms. The van der Waals surface area contributed by atoms with Crippen molar-refractivity contribution in [2.75, 3.05) is 0 Å². The predicted molar refractivity (Wildman–Crippen MR) is 252 cm³/mol. The number of ether oxygens (including phenoxy) is 2. The van der Waals surface area contributed by atoms with Crippen LogP contribution in [0.5, 0.6) is 11.5 Å². The lowest BCUT2D eigenvalue weighted by molar-refractivity contribution is -0.135. The van der Waals surface area contributed by atoms with Crippen molar-refractivity contribution in [1.82, 2.24) is 9.97 Å². The summed E-state index contributed by atoms with van der Waals surface area (Å²) in [4.78, 5) is 32.2. The lowest BCUT2D eigenvalue weighted by Gasteiger charge is -2.38. The minimum absolute atomic E-state index is 0.168. The molecule has 2 aromatic rings. The summed E-state index contributed by atoms with van der Waals surface area (Å²) in [6.07, 6.45) is 44.0. The van der Waals surface area contributed by atoms with Crippen molar-refractivity contribution in [3.63, 3.8) is 0 Å². The SMILES string of the molecule is CCCCC1CCC(C2CCC(CCc3ccc(OC(=O)CCC)cn3)CC2)CC1.CCCCCC1CCC(C2CCC(CCc3ccc(OC(=O)CCC)cn3)CC2)CC1. The lowest BCUT2D eigenvalue weighted by Crippen LogP contribution is -2.26. The molecule has 61 heavy (non-hydrogen) atoms. The number of esters is 2. The van der Waals surface area contributed by atoms with Crippen molar-refractivity contribution in [3.05, 3.63) is 48.0 Å². The molecule has 6 rings (SSSR count). The minimum atomic E-state index is -0.168. The van der Waals surface area contributed by atoms with Gasteiger partial charge >= 0.3 is 11.9 Å². The third-order valence-electron chi connectivity index (χ3n) is 15.7. The highest BCUT2D eigenvalue weighted by Crippen LogP contribution is 2.44. The molecule has 4 saturated carbocycles. The maximum atomic E-state index is 11.6.